The van der Waals surface area contributed by atoms with Crippen molar-refractivity contribution >= 4 is 21.7 Å². The van der Waals surface area contributed by atoms with Crippen LogP contribution in [0.1, 0.15) is 25.8 Å². The number of amides is 1. The molecule has 0 aliphatic carbocycles. The van der Waals surface area contributed by atoms with Gasteiger partial charge in [-0.3, -0.25) is 4.79 Å². The molecular formula is C18H22N2O6S. The molecule has 9 heteroatoms. The number of hydrogen-bond donors (Lipinski definition) is 0. The molecule has 3 atom stereocenters. The fraction of sp³-hybridized carbons (Fsp3) is 0.500. The van der Waals surface area contributed by atoms with E-state index in [1.807, 2.05) is 6.07 Å². The van der Waals surface area contributed by atoms with E-state index in [-0.39, 0.29) is 11.5 Å². The van der Waals surface area contributed by atoms with Gasteiger partial charge in [0.2, 0.25) is 0 Å². The van der Waals surface area contributed by atoms with E-state index in [9.17, 15) is 18.0 Å². The Morgan fingerprint density at radius 2 is 1.85 bits per heavy atom. The highest BCUT2D eigenvalue weighted by Gasteiger charge is 2.35. The monoisotopic (exact) mass is 394 g/mol. The van der Waals surface area contributed by atoms with Gasteiger partial charge >= 0.3 is 5.97 Å². The minimum absolute atomic E-state index is 0.0545. The van der Waals surface area contributed by atoms with Gasteiger partial charge in [-0.05, 0) is 44.5 Å². The number of carbonyl (C=O) groups is 2. The summed E-state index contributed by atoms with van der Waals surface area (Å²) in [7, 11) is -1.61. The largest absolute Gasteiger partial charge is 0.479 e. The second-order valence-corrected chi connectivity index (χ2v) is 8.71. The molecule has 1 aliphatic rings. The molecule has 1 fully saturated rings. The number of hydrogen-bond acceptors (Lipinski definition) is 7. The van der Waals surface area contributed by atoms with Gasteiger partial charge in [0.1, 0.15) is 5.75 Å². The third-order valence-electron chi connectivity index (χ3n) is 4.37. The van der Waals surface area contributed by atoms with Crippen LogP contribution in [0.5, 0.6) is 5.75 Å². The number of carbonyl (C=O) groups excluding carboxylic acids is 2. The average molecular weight is 394 g/mol. The minimum Gasteiger partial charge on any atom is -0.479 e. The molecule has 1 aromatic carbocycles. The lowest BCUT2D eigenvalue weighted by Crippen LogP contribution is -2.45. The predicted molar refractivity (Wildman–Crippen MR) is 96.6 cm³/mol. The van der Waals surface area contributed by atoms with Crippen molar-refractivity contribution in [2.75, 3.05) is 18.6 Å². The maximum atomic E-state index is 12.4. The number of nitrogens with zero attached hydrogens (tertiary/aromatic N) is 2. The van der Waals surface area contributed by atoms with Gasteiger partial charge in [-0.15, -0.1) is 0 Å². The first-order valence-corrected chi connectivity index (χ1v) is 10.3. The summed E-state index contributed by atoms with van der Waals surface area (Å²) < 4.78 is 33.7. The van der Waals surface area contributed by atoms with Crippen LogP contribution in [0.4, 0.5) is 0 Å². The van der Waals surface area contributed by atoms with Crippen LogP contribution in [0, 0.1) is 11.3 Å². The smallest absolute Gasteiger partial charge is 0.347 e. The van der Waals surface area contributed by atoms with Crippen molar-refractivity contribution in [2.24, 2.45) is 0 Å². The van der Waals surface area contributed by atoms with Crippen LogP contribution in [-0.4, -0.2) is 62.0 Å². The van der Waals surface area contributed by atoms with E-state index >= 15 is 0 Å². The topological polar surface area (TPSA) is 114 Å². The number of rotatable bonds is 6. The maximum absolute atomic E-state index is 12.4. The van der Waals surface area contributed by atoms with E-state index in [1.165, 1.54) is 25.8 Å². The molecule has 0 spiro atoms. The van der Waals surface area contributed by atoms with Crippen LogP contribution in [0.25, 0.3) is 0 Å². The molecule has 8 nitrogen and oxygen atoms in total. The Kier molecular flexibility index (Phi) is 6.44. The molecule has 1 amide bonds. The summed E-state index contributed by atoms with van der Waals surface area (Å²) in [6, 6.07) is 7.81. The van der Waals surface area contributed by atoms with E-state index in [0.29, 0.717) is 17.7 Å². The highest BCUT2D eigenvalue weighted by molar-refractivity contribution is 7.91. The molecule has 146 valence electrons. The van der Waals surface area contributed by atoms with Crippen molar-refractivity contribution in [3.05, 3.63) is 29.8 Å². The van der Waals surface area contributed by atoms with Gasteiger partial charge in [0.25, 0.3) is 5.91 Å². The SMILES string of the molecule is C[C@H](OC(=O)[C@@H](C)Oc1ccc(C#N)cc1)C(=O)N(C)[C@H]1CCS(=O)(=O)C1. The quantitative estimate of drug-likeness (QED) is 0.659. The summed E-state index contributed by atoms with van der Waals surface area (Å²) in [6.45, 7) is 2.93. The molecule has 27 heavy (non-hydrogen) atoms. The highest BCUT2D eigenvalue weighted by Crippen LogP contribution is 2.18. The second kappa shape index (κ2) is 8.39. The first kappa shape index (κ1) is 20.7. The second-order valence-electron chi connectivity index (χ2n) is 6.48. The van der Waals surface area contributed by atoms with Crippen molar-refractivity contribution in [3.63, 3.8) is 0 Å². The Labute approximate surface area is 158 Å². The number of esters is 1. The fourth-order valence-electron chi connectivity index (χ4n) is 2.73. The molecule has 1 heterocycles. The van der Waals surface area contributed by atoms with E-state index in [1.54, 1.807) is 24.3 Å². The normalized spacial score (nSPS) is 20.1. The standard InChI is InChI=1S/C18H22N2O6S/c1-12(17(21)20(3)15-8-9-27(23,24)11-15)26-18(22)13(2)25-16-6-4-14(10-19)5-7-16/h4-7,12-13,15H,8-9,11H2,1-3H3/t12-,13+,15-/m0/s1. The van der Waals surface area contributed by atoms with Crippen LogP contribution in [0.2, 0.25) is 0 Å². The van der Waals surface area contributed by atoms with Gasteiger partial charge in [-0.2, -0.15) is 5.26 Å². The van der Waals surface area contributed by atoms with Crippen LogP contribution < -0.4 is 4.74 Å². The minimum atomic E-state index is -3.12. The number of nitriles is 1. The van der Waals surface area contributed by atoms with E-state index < -0.39 is 40.0 Å². The third kappa shape index (κ3) is 5.44. The van der Waals surface area contributed by atoms with Crippen molar-refractivity contribution < 1.29 is 27.5 Å². The first-order valence-electron chi connectivity index (χ1n) is 8.47. The zero-order valence-electron chi connectivity index (χ0n) is 15.4. The summed E-state index contributed by atoms with van der Waals surface area (Å²) in [5.74, 6) is -0.804. The maximum Gasteiger partial charge on any atom is 0.347 e. The predicted octanol–water partition coefficient (Wildman–Crippen LogP) is 0.903. The zero-order chi connectivity index (χ0) is 20.2. The lowest BCUT2D eigenvalue weighted by atomic mass is 10.2. The summed E-state index contributed by atoms with van der Waals surface area (Å²) in [4.78, 5) is 25.9. The summed E-state index contributed by atoms with van der Waals surface area (Å²) in [5, 5.41) is 8.77. The van der Waals surface area contributed by atoms with Gasteiger partial charge < -0.3 is 14.4 Å². The van der Waals surface area contributed by atoms with Gasteiger partial charge in [-0.1, -0.05) is 0 Å². The number of likely N-dealkylation sites (N-methyl/N-ethyl adjacent to an activating group) is 1. The third-order valence-corrected chi connectivity index (χ3v) is 6.12. The molecule has 0 unspecified atom stereocenters. The van der Waals surface area contributed by atoms with Crippen LogP contribution in [0.3, 0.4) is 0 Å². The lowest BCUT2D eigenvalue weighted by molar-refractivity contribution is -0.164. The number of sulfone groups is 1. The van der Waals surface area contributed by atoms with Crippen LogP contribution in [0.15, 0.2) is 24.3 Å². The molecule has 2 rings (SSSR count). The molecule has 0 bridgehead atoms. The number of ether oxygens (including phenoxy) is 2. The van der Waals surface area contributed by atoms with Gasteiger partial charge in [0, 0.05) is 13.1 Å². The van der Waals surface area contributed by atoms with E-state index in [4.69, 9.17) is 14.7 Å². The molecule has 0 saturated carbocycles. The Balaban J connectivity index is 1.89. The molecule has 1 aliphatic heterocycles. The van der Waals surface area contributed by atoms with Crippen molar-refractivity contribution in [1.29, 1.82) is 5.26 Å². The fourth-order valence-corrected chi connectivity index (χ4v) is 4.50. The summed E-state index contributed by atoms with van der Waals surface area (Å²) in [6.07, 6.45) is -1.63. The van der Waals surface area contributed by atoms with Gasteiger partial charge in [0.15, 0.2) is 22.0 Å². The molecule has 0 N–H and O–H groups in total. The Bertz CT molecular complexity index is 844. The molecule has 1 saturated heterocycles. The van der Waals surface area contributed by atoms with Crippen LogP contribution >= 0.6 is 0 Å². The number of benzene rings is 1. The van der Waals surface area contributed by atoms with Crippen molar-refractivity contribution in [1.82, 2.24) is 4.90 Å². The average Bonchev–Trinajstić information content (AvgIpc) is 3.00. The highest BCUT2D eigenvalue weighted by atomic mass is 32.2. The van der Waals surface area contributed by atoms with Crippen LogP contribution in [-0.2, 0) is 24.2 Å². The molecule has 0 aromatic heterocycles. The Morgan fingerprint density at radius 3 is 2.37 bits per heavy atom. The Hall–Kier alpha value is -2.60. The lowest BCUT2D eigenvalue weighted by Gasteiger charge is -2.26. The van der Waals surface area contributed by atoms with E-state index in [2.05, 4.69) is 0 Å². The molecular weight excluding hydrogens is 372 g/mol. The van der Waals surface area contributed by atoms with Crippen molar-refractivity contribution in [2.45, 2.75) is 38.5 Å². The van der Waals surface area contributed by atoms with Gasteiger partial charge in [0.05, 0.1) is 23.1 Å². The summed E-state index contributed by atoms with van der Waals surface area (Å²) >= 11 is 0. The molecule has 0 radical (unpaired) electrons. The molecule has 1 aromatic rings. The Morgan fingerprint density at radius 1 is 1.22 bits per heavy atom. The zero-order valence-corrected chi connectivity index (χ0v) is 16.2. The van der Waals surface area contributed by atoms with Crippen molar-refractivity contribution in [3.8, 4) is 11.8 Å². The van der Waals surface area contributed by atoms with E-state index in [0.717, 1.165) is 0 Å². The first-order chi connectivity index (χ1) is 12.6. The summed E-state index contributed by atoms with van der Waals surface area (Å²) in [5.41, 5.74) is 0.466. The van der Waals surface area contributed by atoms with Gasteiger partial charge in [-0.25, -0.2) is 13.2 Å².